The Bertz CT molecular complexity index is 319. The Morgan fingerprint density at radius 2 is 1.70 bits per heavy atom. The number of methoxy groups -OCH3 is 2. The average molecular weight is 364 g/mol. The second kappa shape index (κ2) is 10.2. The van der Waals surface area contributed by atoms with Gasteiger partial charge in [0, 0.05) is 41.6 Å². The second-order valence-corrected chi connectivity index (χ2v) is 11.1. The van der Waals surface area contributed by atoms with Gasteiger partial charge in [0.15, 0.2) is 0 Å². The minimum absolute atomic E-state index is 0.379. The Kier molecular flexibility index (Phi) is 9.46. The van der Waals surface area contributed by atoms with Crippen LogP contribution in [0.15, 0.2) is 0 Å². The first-order chi connectivity index (χ1) is 11.0. The number of hydrogen-bond donors (Lipinski definition) is 0. The zero-order valence-corrected chi connectivity index (χ0v) is 17.5. The third-order valence-electron chi connectivity index (χ3n) is 4.53. The van der Waals surface area contributed by atoms with Crippen LogP contribution in [0.4, 0.5) is 0 Å². The summed E-state index contributed by atoms with van der Waals surface area (Å²) in [6.45, 7) is 5.48. The van der Waals surface area contributed by atoms with E-state index in [1.807, 2.05) is 0 Å². The quantitative estimate of drug-likeness (QED) is 0.460. The fourth-order valence-electron chi connectivity index (χ4n) is 3.19. The summed E-state index contributed by atoms with van der Waals surface area (Å²) >= 11 is 0. The Hall–Kier alpha value is 0.194. The Morgan fingerprint density at radius 1 is 1.09 bits per heavy atom. The molecule has 6 nitrogen and oxygen atoms in total. The van der Waals surface area contributed by atoms with E-state index in [9.17, 15) is 0 Å². The Balaban J connectivity index is 2.48. The molecule has 0 aromatic carbocycles. The molecule has 1 heterocycles. The van der Waals surface area contributed by atoms with Crippen LogP contribution < -0.4 is 0 Å². The van der Waals surface area contributed by atoms with Crippen LogP contribution in [0.3, 0.4) is 0 Å². The SMILES string of the molecule is COC1(OC)CCCN(CCC[Si](OC)(OC)OC)CC(C)[Si]1. The molecular formula is C15H33NO5Si2. The van der Waals surface area contributed by atoms with Gasteiger partial charge in [0.1, 0.15) is 14.9 Å². The maximum Gasteiger partial charge on any atom is 0.500 e. The lowest BCUT2D eigenvalue weighted by Crippen LogP contribution is -2.47. The summed E-state index contributed by atoms with van der Waals surface area (Å²) < 4.78 is 27.8. The van der Waals surface area contributed by atoms with Crippen molar-refractivity contribution in [3.05, 3.63) is 0 Å². The summed E-state index contributed by atoms with van der Waals surface area (Å²) in [6, 6.07) is 0.851. The molecular weight excluding hydrogens is 330 g/mol. The molecule has 1 rings (SSSR count). The molecule has 1 unspecified atom stereocenters. The minimum atomic E-state index is -2.44. The molecule has 1 aliphatic heterocycles. The number of ether oxygens (including phenoxy) is 2. The van der Waals surface area contributed by atoms with Crippen LogP contribution in [0.5, 0.6) is 0 Å². The first-order valence-electron chi connectivity index (χ1n) is 8.24. The van der Waals surface area contributed by atoms with Gasteiger partial charge >= 0.3 is 8.80 Å². The summed E-state index contributed by atoms with van der Waals surface area (Å²) in [5.41, 5.74) is 0.180. The normalized spacial score (nSPS) is 23.5. The van der Waals surface area contributed by atoms with Crippen molar-refractivity contribution >= 4 is 18.3 Å². The fraction of sp³-hybridized carbons (Fsp3) is 1.00. The third-order valence-corrected chi connectivity index (χ3v) is 9.13. The molecule has 8 heteroatoms. The molecule has 0 aliphatic carbocycles. The van der Waals surface area contributed by atoms with Gasteiger partial charge in [-0.15, -0.1) is 0 Å². The van der Waals surface area contributed by atoms with Gasteiger partial charge in [-0.2, -0.15) is 0 Å². The lowest BCUT2D eigenvalue weighted by molar-refractivity contribution is -0.152. The van der Waals surface area contributed by atoms with Gasteiger partial charge in [0.25, 0.3) is 0 Å². The van der Waals surface area contributed by atoms with Crippen LogP contribution in [0.25, 0.3) is 0 Å². The molecule has 0 aromatic rings. The van der Waals surface area contributed by atoms with E-state index in [1.165, 1.54) is 0 Å². The maximum atomic E-state index is 5.67. The Labute approximate surface area is 144 Å². The number of nitrogens with zero attached hydrogens (tertiary/aromatic N) is 1. The first-order valence-corrected chi connectivity index (χ1v) is 11.3. The molecule has 0 bridgehead atoms. The van der Waals surface area contributed by atoms with E-state index in [0.717, 1.165) is 44.9 Å². The van der Waals surface area contributed by atoms with Crippen molar-refractivity contribution in [1.82, 2.24) is 4.90 Å². The molecule has 0 spiro atoms. The largest absolute Gasteiger partial charge is 0.500 e. The van der Waals surface area contributed by atoms with Gasteiger partial charge in [-0.3, -0.25) is 0 Å². The molecule has 1 saturated heterocycles. The summed E-state index contributed by atoms with van der Waals surface area (Å²) in [6.07, 6.45) is 3.06. The van der Waals surface area contributed by atoms with E-state index in [1.54, 1.807) is 35.5 Å². The molecule has 1 aliphatic rings. The van der Waals surface area contributed by atoms with Crippen LogP contribution in [-0.2, 0) is 22.8 Å². The van der Waals surface area contributed by atoms with E-state index in [0.29, 0.717) is 15.1 Å². The third kappa shape index (κ3) is 6.20. The standard InChI is InChI=1S/C15H33NO5Si2/c1-14-13-16(10-7-9-15(17-2,18-3)22-14)11-8-12-23(19-4,20-5)21-6/h14H,7-13H2,1-6H3. The van der Waals surface area contributed by atoms with E-state index in [2.05, 4.69) is 11.8 Å². The van der Waals surface area contributed by atoms with Crippen LogP contribution in [0.2, 0.25) is 11.6 Å². The van der Waals surface area contributed by atoms with Crippen molar-refractivity contribution in [3.63, 3.8) is 0 Å². The molecule has 2 radical (unpaired) electrons. The van der Waals surface area contributed by atoms with E-state index < -0.39 is 8.80 Å². The van der Waals surface area contributed by atoms with Crippen LogP contribution in [0, 0.1) is 0 Å². The lowest BCUT2D eigenvalue weighted by Gasteiger charge is -2.38. The summed E-state index contributed by atoms with van der Waals surface area (Å²) in [5, 5.41) is 0. The van der Waals surface area contributed by atoms with Crippen molar-refractivity contribution in [3.8, 4) is 0 Å². The van der Waals surface area contributed by atoms with Gasteiger partial charge in [0.2, 0.25) is 0 Å². The molecule has 1 atom stereocenters. The van der Waals surface area contributed by atoms with Gasteiger partial charge in [-0.25, -0.2) is 0 Å². The smallest absolute Gasteiger partial charge is 0.377 e. The highest BCUT2D eigenvalue weighted by atomic mass is 28.4. The highest BCUT2D eigenvalue weighted by molar-refractivity contribution is 6.60. The summed E-state index contributed by atoms with van der Waals surface area (Å²) in [7, 11) is 6.75. The molecule has 23 heavy (non-hydrogen) atoms. The van der Waals surface area contributed by atoms with Crippen molar-refractivity contribution in [2.75, 3.05) is 55.2 Å². The molecule has 0 amide bonds. The van der Waals surface area contributed by atoms with Crippen LogP contribution >= 0.6 is 0 Å². The van der Waals surface area contributed by atoms with Gasteiger partial charge < -0.3 is 27.7 Å². The fourth-order valence-corrected chi connectivity index (χ4v) is 6.55. The summed E-state index contributed by atoms with van der Waals surface area (Å²) in [5.74, 6) is 0. The molecule has 0 aromatic heterocycles. The molecule has 0 saturated carbocycles. The lowest BCUT2D eigenvalue weighted by atomic mass is 10.2. The number of hydrogen-bond acceptors (Lipinski definition) is 6. The monoisotopic (exact) mass is 363 g/mol. The van der Waals surface area contributed by atoms with Crippen molar-refractivity contribution in [1.29, 1.82) is 0 Å². The predicted octanol–water partition coefficient (Wildman–Crippen LogP) is 1.81. The highest BCUT2D eigenvalue weighted by Gasteiger charge is 2.38. The van der Waals surface area contributed by atoms with Gasteiger partial charge in [-0.1, -0.05) is 6.92 Å². The van der Waals surface area contributed by atoms with Crippen molar-refractivity contribution in [2.24, 2.45) is 0 Å². The predicted molar refractivity (Wildman–Crippen MR) is 93.8 cm³/mol. The van der Waals surface area contributed by atoms with Gasteiger partial charge in [0.05, 0.1) is 0 Å². The van der Waals surface area contributed by atoms with E-state index in [4.69, 9.17) is 22.8 Å². The van der Waals surface area contributed by atoms with Gasteiger partial charge in [-0.05, 0) is 44.4 Å². The molecule has 0 N–H and O–H groups in total. The average Bonchev–Trinajstić information content (AvgIpc) is 2.56. The zero-order chi connectivity index (χ0) is 17.3. The zero-order valence-electron chi connectivity index (χ0n) is 15.5. The van der Waals surface area contributed by atoms with E-state index in [-0.39, 0.29) is 5.41 Å². The summed E-state index contributed by atoms with van der Waals surface area (Å²) in [4.78, 5) is 2.53. The van der Waals surface area contributed by atoms with Crippen molar-refractivity contribution in [2.45, 2.75) is 43.2 Å². The maximum absolute atomic E-state index is 5.67. The minimum Gasteiger partial charge on any atom is -0.377 e. The number of rotatable bonds is 9. The topological polar surface area (TPSA) is 49.4 Å². The molecule has 136 valence electrons. The van der Waals surface area contributed by atoms with Crippen molar-refractivity contribution < 1.29 is 22.8 Å². The first kappa shape index (κ1) is 21.2. The van der Waals surface area contributed by atoms with Crippen LogP contribution in [-0.4, -0.2) is 83.8 Å². The highest BCUT2D eigenvalue weighted by Crippen LogP contribution is 2.26. The molecule has 1 fully saturated rings. The van der Waals surface area contributed by atoms with Crippen LogP contribution in [0.1, 0.15) is 26.2 Å². The Morgan fingerprint density at radius 3 is 2.22 bits per heavy atom. The second-order valence-electron chi connectivity index (χ2n) is 6.01. The van der Waals surface area contributed by atoms with E-state index >= 15 is 0 Å².